The van der Waals surface area contributed by atoms with Gasteiger partial charge in [0.25, 0.3) is 0 Å². The molecule has 0 aliphatic carbocycles. The summed E-state index contributed by atoms with van der Waals surface area (Å²) in [5.41, 5.74) is 0.502. The van der Waals surface area contributed by atoms with E-state index in [4.69, 9.17) is 18.9 Å². The fourth-order valence-electron chi connectivity index (χ4n) is 5.03. The van der Waals surface area contributed by atoms with Crippen LogP contribution in [0.2, 0.25) is 0 Å². The summed E-state index contributed by atoms with van der Waals surface area (Å²) in [5.74, 6) is 1.69. The predicted octanol–water partition coefficient (Wildman–Crippen LogP) is 11.1. The van der Waals surface area contributed by atoms with Gasteiger partial charge < -0.3 is 18.9 Å². The predicted molar refractivity (Wildman–Crippen MR) is 179 cm³/mol. The number of unbranched alkanes of at least 4 members (excludes halogenated alkanes) is 14. The van der Waals surface area contributed by atoms with Crippen molar-refractivity contribution in [2.75, 3.05) is 19.8 Å². The molecule has 43 heavy (non-hydrogen) atoms. The van der Waals surface area contributed by atoms with E-state index in [-0.39, 0.29) is 5.97 Å². The van der Waals surface area contributed by atoms with Crippen LogP contribution < -0.4 is 14.2 Å². The lowest BCUT2D eigenvalue weighted by Gasteiger charge is -2.13. The lowest BCUT2D eigenvalue weighted by molar-refractivity contribution is 0.0555. The average molecular weight is 597 g/mol. The van der Waals surface area contributed by atoms with Gasteiger partial charge in [-0.1, -0.05) is 97.3 Å². The van der Waals surface area contributed by atoms with Crippen LogP contribution in [0.3, 0.4) is 0 Å². The third-order valence-corrected chi connectivity index (χ3v) is 7.81. The van der Waals surface area contributed by atoms with Crippen LogP contribution in [0.4, 0.5) is 0 Å². The quantitative estimate of drug-likeness (QED) is 0.0583. The highest BCUT2D eigenvalue weighted by Gasteiger charge is 2.09. The number of benzene rings is 2. The van der Waals surface area contributed by atoms with Gasteiger partial charge in [0.1, 0.15) is 17.2 Å². The first-order chi connectivity index (χ1) is 21.1. The fourth-order valence-corrected chi connectivity index (χ4v) is 5.03. The van der Waals surface area contributed by atoms with Crippen molar-refractivity contribution in [3.8, 4) is 17.2 Å². The van der Waals surface area contributed by atoms with E-state index in [0.717, 1.165) is 50.2 Å². The van der Waals surface area contributed by atoms with Crippen molar-refractivity contribution in [3.63, 3.8) is 0 Å². The molecule has 0 saturated heterocycles. The van der Waals surface area contributed by atoms with Crippen LogP contribution in [0.5, 0.6) is 17.2 Å². The molecule has 0 aliphatic rings. The number of ether oxygens (including phenoxy) is 4. The summed E-state index contributed by atoms with van der Waals surface area (Å²) in [5, 5.41) is 0. The molecule has 0 N–H and O–H groups in total. The Bertz CT molecular complexity index is 924. The summed E-state index contributed by atoms with van der Waals surface area (Å²) >= 11 is 0. The Morgan fingerprint density at radius 3 is 1.49 bits per heavy atom. The van der Waals surface area contributed by atoms with Gasteiger partial charge in [-0.25, -0.2) is 4.79 Å². The number of carbonyl (C=O) groups is 1. The second-order valence-electron chi connectivity index (χ2n) is 11.9. The minimum atomic E-state index is -0.381. The van der Waals surface area contributed by atoms with E-state index in [1.165, 1.54) is 83.5 Å². The van der Waals surface area contributed by atoms with E-state index in [9.17, 15) is 4.79 Å². The summed E-state index contributed by atoms with van der Waals surface area (Å²) in [6.45, 7) is 8.97. The van der Waals surface area contributed by atoms with Crippen LogP contribution in [0, 0.1) is 0 Å². The van der Waals surface area contributed by atoms with Crippen LogP contribution in [0.25, 0.3) is 0 Å². The number of rotatable bonds is 27. The summed E-state index contributed by atoms with van der Waals surface area (Å²) in [7, 11) is 0. The SMILES string of the molecule is CCCCCCCCCCOc1ccc(C(=O)Oc2ccc(OCCCCCC(C)OCCCCCCCC)cc2)cc1. The normalized spacial score (nSPS) is 11.8. The Hall–Kier alpha value is -2.53. The van der Waals surface area contributed by atoms with Gasteiger partial charge in [0.15, 0.2) is 0 Å². The third kappa shape index (κ3) is 18.7. The molecule has 0 aliphatic heterocycles. The Labute approximate surface area is 263 Å². The molecule has 242 valence electrons. The number of hydrogen-bond acceptors (Lipinski definition) is 5. The summed E-state index contributed by atoms with van der Waals surface area (Å²) in [6.07, 6.45) is 22.8. The highest BCUT2D eigenvalue weighted by Crippen LogP contribution is 2.20. The van der Waals surface area contributed by atoms with Gasteiger partial charge in [0, 0.05) is 6.61 Å². The monoisotopic (exact) mass is 596 g/mol. The Kier molecular flexibility index (Phi) is 21.2. The summed E-state index contributed by atoms with van der Waals surface area (Å²) in [6, 6.07) is 14.4. The maximum atomic E-state index is 12.6. The van der Waals surface area contributed by atoms with Gasteiger partial charge in [-0.2, -0.15) is 0 Å². The van der Waals surface area contributed by atoms with Crippen molar-refractivity contribution in [1.82, 2.24) is 0 Å². The molecular weight excluding hydrogens is 536 g/mol. The van der Waals surface area contributed by atoms with E-state index in [1.54, 1.807) is 24.3 Å². The van der Waals surface area contributed by atoms with Crippen molar-refractivity contribution < 1.29 is 23.7 Å². The van der Waals surface area contributed by atoms with E-state index in [2.05, 4.69) is 20.8 Å². The maximum absolute atomic E-state index is 12.6. The lowest BCUT2D eigenvalue weighted by Crippen LogP contribution is -2.09. The molecule has 2 rings (SSSR count). The van der Waals surface area contributed by atoms with E-state index >= 15 is 0 Å². The van der Waals surface area contributed by atoms with Crippen molar-refractivity contribution in [2.45, 2.75) is 142 Å². The molecule has 5 heteroatoms. The molecule has 2 aromatic carbocycles. The second kappa shape index (κ2) is 24.9. The first-order valence-corrected chi connectivity index (χ1v) is 17.4. The third-order valence-electron chi connectivity index (χ3n) is 7.81. The topological polar surface area (TPSA) is 54.0 Å². The smallest absolute Gasteiger partial charge is 0.343 e. The van der Waals surface area contributed by atoms with Gasteiger partial charge in [0.2, 0.25) is 0 Å². The summed E-state index contributed by atoms with van der Waals surface area (Å²) in [4.78, 5) is 12.6. The zero-order valence-corrected chi connectivity index (χ0v) is 27.6. The molecular formula is C38H60O5. The minimum absolute atomic E-state index is 0.336. The first kappa shape index (κ1) is 36.7. The van der Waals surface area contributed by atoms with Crippen LogP contribution in [-0.4, -0.2) is 31.9 Å². The van der Waals surface area contributed by atoms with Crippen molar-refractivity contribution >= 4 is 5.97 Å². The Balaban J connectivity index is 1.52. The molecule has 0 heterocycles. The highest BCUT2D eigenvalue weighted by atomic mass is 16.5. The number of hydrogen-bond donors (Lipinski definition) is 0. The highest BCUT2D eigenvalue weighted by molar-refractivity contribution is 5.91. The van der Waals surface area contributed by atoms with Crippen molar-refractivity contribution in [1.29, 1.82) is 0 Å². The maximum Gasteiger partial charge on any atom is 0.343 e. The molecule has 5 nitrogen and oxygen atoms in total. The van der Waals surface area contributed by atoms with Crippen LogP contribution in [0.1, 0.15) is 147 Å². The molecule has 1 unspecified atom stereocenters. The molecule has 0 fully saturated rings. The van der Waals surface area contributed by atoms with E-state index < -0.39 is 0 Å². The van der Waals surface area contributed by atoms with Gasteiger partial charge >= 0.3 is 5.97 Å². The second-order valence-corrected chi connectivity index (χ2v) is 11.9. The van der Waals surface area contributed by atoms with Gasteiger partial charge in [-0.15, -0.1) is 0 Å². The fraction of sp³-hybridized carbons (Fsp3) is 0.658. The molecule has 0 spiro atoms. The number of carbonyl (C=O) groups excluding carboxylic acids is 1. The number of esters is 1. The largest absolute Gasteiger partial charge is 0.494 e. The van der Waals surface area contributed by atoms with Crippen LogP contribution in [0.15, 0.2) is 48.5 Å². The van der Waals surface area contributed by atoms with Crippen LogP contribution >= 0.6 is 0 Å². The van der Waals surface area contributed by atoms with Crippen molar-refractivity contribution in [2.24, 2.45) is 0 Å². The Morgan fingerprint density at radius 1 is 0.535 bits per heavy atom. The average Bonchev–Trinajstić information content (AvgIpc) is 3.02. The van der Waals surface area contributed by atoms with Gasteiger partial charge in [0.05, 0.1) is 24.9 Å². The molecule has 0 bridgehead atoms. The molecule has 2 aromatic rings. The Morgan fingerprint density at radius 2 is 0.953 bits per heavy atom. The molecule has 0 amide bonds. The first-order valence-electron chi connectivity index (χ1n) is 17.4. The molecule has 0 saturated carbocycles. The van der Waals surface area contributed by atoms with E-state index in [1.807, 2.05) is 24.3 Å². The summed E-state index contributed by atoms with van der Waals surface area (Å²) < 4.78 is 23.2. The molecule has 0 radical (unpaired) electrons. The zero-order chi connectivity index (χ0) is 30.8. The zero-order valence-electron chi connectivity index (χ0n) is 27.6. The minimum Gasteiger partial charge on any atom is -0.494 e. The molecule has 0 aromatic heterocycles. The van der Waals surface area contributed by atoms with Gasteiger partial charge in [-0.3, -0.25) is 0 Å². The van der Waals surface area contributed by atoms with E-state index in [0.29, 0.717) is 30.6 Å². The van der Waals surface area contributed by atoms with Gasteiger partial charge in [-0.05, 0) is 87.6 Å². The van der Waals surface area contributed by atoms with Crippen molar-refractivity contribution in [3.05, 3.63) is 54.1 Å². The standard InChI is InChI=1S/C38H60O5/c1-4-6-8-10-12-13-15-19-31-41-35-24-22-34(23-25-35)38(39)43-37-28-26-36(27-29-37)42-32-20-16-17-21-33(3)40-30-18-14-11-9-7-5-2/h22-29,33H,4-21,30-32H2,1-3H3. The van der Waals surface area contributed by atoms with Crippen LogP contribution in [-0.2, 0) is 4.74 Å². The lowest BCUT2D eigenvalue weighted by atomic mass is 10.1. The molecule has 1 atom stereocenters.